The second-order valence-electron chi connectivity index (χ2n) is 10.7. The van der Waals surface area contributed by atoms with Crippen LogP contribution in [0.4, 0.5) is 16.2 Å². The number of nitrogens with zero attached hydrogens (tertiary/aromatic N) is 2. The third-order valence-electron chi connectivity index (χ3n) is 7.16. The SMILES string of the molecule is CCCCCCCO[C@H]1O[C@H](C(CN2CCCC2)OC(=O)Nc2ccc([N+](=O)[O-])cc2)[C@@H]2OC(C)(C)O[C@H]12.Cl. The molecule has 12 heteroatoms. The fourth-order valence-electron chi connectivity index (χ4n) is 5.31. The van der Waals surface area contributed by atoms with Crippen molar-refractivity contribution < 1.29 is 33.4 Å². The van der Waals surface area contributed by atoms with Crippen molar-refractivity contribution in [3.8, 4) is 0 Å². The predicted octanol–water partition coefficient (Wildman–Crippen LogP) is 5.26. The van der Waals surface area contributed by atoms with Gasteiger partial charge < -0.3 is 23.7 Å². The van der Waals surface area contributed by atoms with Crippen LogP contribution in [0.5, 0.6) is 0 Å². The molecule has 11 nitrogen and oxygen atoms in total. The zero-order chi connectivity index (χ0) is 27.1. The van der Waals surface area contributed by atoms with Gasteiger partial charge in [0.2, 0.25) is 0 Å². The third-order valence-corrected chi connectivity index (χ3v) is 7.16. The number of rotatable bonds is 13. The van der Waals surface area contributed by atoms with E-state index in [1.165, 1.54) is 43.5 Å². The van der Waals surface area contributed by atoms with Crippen molar-refractivity contribution in [2.24, 2.45) is 0 Å². The summed E-state index contributed by atoms with van der Waals surface area (Å²) in [5, 5.41) is 13.6. The Morgan fingerprint density at radius 2 is 1.79 bits per heavy atom. The fraction of sp³-hybridized carbons (Fsp3) is 0.741. The van der Waals surface area contributed by atoms with Gasteiger partial charge in [-0.25, -0.2) is 4.79 Å². The topological polar surface area (TPSA) is 122 Å². The minimum atomic E-state index is -0.806. The van der Waals surface area contributed by atoms with Crippen LogP contribution in [-0.4, -0.2) is 78.7 Å². The van der Waals surface area contributed by atoms with Crippen molar-refractivity contribution in [2.75, 3.05) is 31.6 Å². The number of unbranched alkanes of at least 4 members (excludes halogenated alkanes) is 4. The van der Waals surface area contributed by atoms with E-state index in [9.17, 15) is 14.9 Å². The number of carbonyl (C=O) groups excluding carboxylic acids is 1. The molecule has 4 rings (SSSR count). The molecule has 0 aromatic heterocycles. The second kappa shape index (κ2) is 14.6. The first-order valence-electron chi connectivity index (χ1n) is 13.8. The van der Waals surface area contributed by atoms with E-state index in [1.54, 1.807) is 0 Å². The highest BCUT2D eigenvalue weighted by Crippen LogP contribution is 2.41. The van der Waals surface area contributed by atoms with Crippen molar-refractivity contribution in [1.29, 1.82) is 0 Å². The van der Waals surface area contributed by atoms with E-state index in [0.717, 1.165) is 38.8 Å². The Kier molecular flexibility index (Phi) is 11.8. The van der Waals surface area contributed by atoms with Crippen LogP contribution in [0.15, 0.2) is 24.3 Å². The average Bonchev–Trinajstić information content (AvgIpc) is 3.57. The lowest BCUT2D eigenvalue weighted by atomic mass is 10.1. The summed E-state index contributed by atoms with van der Waals surface area (Å²) >= 11 is 0. The lowest BCUT2D eigenvalue weighted by Gasteiger charge is -2.31. The highest BCUT2D eigenvalue weighted by molar-refractivity contribution is 5.85. The van der Waals surface area contributed by atoms with Crippen molar-refractivity contribution >= 4 is 29.9 Å². The lowest BCUT2D eigenvalue weighted by Crippen LogP contribution is -2.47. The summed E-state index contributed by atoms with van der Waals surface area (Å²) in [6.45, 7) is 8.82. The summed E-state index contributed by atoms with van der Waals surface area (Å²) in [4.78, 5) is 25.6. The second-order valence-corrected chi connectivity index (χ2v) is 10.7. The summed E-state index contributed by atoms with van der Waals surface area (Å²) in [7, 11) is 0. The van der Waals surface area contributed by atoms with E-state index in [0.29, 0.717) is 18.8 Å². The Balaban J connectivity index is 0.00000420. The molecule has 39 heavy (non-hydrogen) atoms. The molecule has 0 spiro atoms. The number of likely N-dealkylation sites (tertiary alicyclic amines) is 1. The molecule has 1 aromatic rings. The number of halogens is 1. The molecule has 1 aromatic carbocycles. The van der Waals surface area contributed by atoms with Crippen LogP contribution >= 0.6 is 12.4 Å². The van der Waals surface area contributed by atoms with Gasteiger partial charge in [-0.3, -0.25) is 20.3 Å². The summed E-state index contributed by atoms with van der Waals surface area (Å²) in [6.07, 6.45) is 4.47. The predicted molar refractivity (Wildman–Crippen MR) is 147 cm³/mol. The monoisotopic (exact) mass is 571 g/mol. The molecule has 220 valence electrons. The van der Waals surface area contributed by atoms with Gasteiger partial charge in [0.1, 0.15) is 24.4 Å². The highest BCUT2D eigenvalue weighted by Gasteiger charge is 2.58. The molecule has 0 bridgehead atoms. The van der Waals surface area contributed by atoms with Crippen molar-refractivity contribution in [1.82, 2.24) is 4.90 Å². The maximum Gasteiger partial charge on any atom is 0.412 e. The van der Waals surface area contributed by atoms with Crippen LogP contribution in [0.1, 0.15) is 65.7 Å². The minimum Gasteiger partial charge on any atom is -0.442 e. The minimum absolute atomic E-state index is 0. The molecule has 0 radical (unpaired) electrons. The molecular formula is C27H42ClN3O8. The van der Waals surface area contributed by atoms with Gasteiger partial charge in [0, 0.05) is 31.0 Å². The number of amides is 1. The number of nitro benzene ring substituents is 1. The first-order chi connectivity index (χ1) is 18.3. The number of fused-ring (bicyclic) bond motifs is 1. The zero-order valence-electron chi connectivity index (χ0n) is 23.0. The van der Waals surface area contributed by atoms with E-state index in [4.69, 9.17) is 23.7 Å². The van der Waals surface area contributed by atoms with E-state index in [2.05, 4.69) is 17.1 Å². The zero-order valence-corrected chi connectivity index (χ0v) is 23.9. The van der Waals surface area contributed by atoms with Gasteiger partial charge in [-0.2, -0.15) is 0 Å². The summed E-state index contributed by atoms with van der Waals surface area (Å²) < 4.78 is 30.8. The molecule has 1 amide bonds. The van der Waals surface area contributed by atoms with E-state index >= 15 is 0 Å². The van der Waals surface area contributed by atoms with Crippen LogP contribution in [0, 0.1) is 10.1 Å². The molecule has 3 fully saturated rings. The molecule has 3 heterocycles. The molecule has 3 aliphatic heterocycles. The Hall–Kier alpha value is -2.02. The summed E-state index contributed by atoms with van der Waals surface area (Å²) in [6, 6.07) is 5.60. The van der Waals surface area contributed by atoms with Crippen LogP contribution < -0.4 is 5.32 Å². The fourth-order valence-corrected chi connectivity index (χ4v) is 5.31. The Morgan fingerprint density at radius 1 is 1.13 bits per heavy atom. The van der Waals surface area contributed by atoms with Gasteiger partial charge in [0.25, 0.3) is 5.69 Å². The van der Waals surface area contributed by atoms with Crippen LogP contribution in [0.2, 0.25) is 0 Å². The van der Waals surface area contributed by atoms with Gasteiger partial charge in [-0.05, 0) is 58.3 Å². The van der Waals surface area contributed by atoms with E-state index < -0.39 is 47.5 Å². The van der Waals surface area contributed by atoms with Gasteiger partial charge in [0.05, 0.1) is 4.92 Å². The Labute approximate surface area is 236 Å². The molecule has 5 atom stereocenters. The summed E-state index contributed by atoms with van der Waals surface area (Å²) in [5.74, 6) is -0.806. The number of non-ortho nitro benzene ring substituents is 1. The van der Waals surface area contributed by atoms with Gasteiger partial charge in [-0.1, -0.05) is 32.6 Å². The molecule has 0 aliphatic carbocycles. The number of benzene rings is 1. The number of carbonyl (C=O) groups is 1. The number of hydrogen-bond donors (Lipinski definition) is 1. The van der Waals surface area contributed by atoms with Crippen LogP contribution in [-0.2, 0) is 23.7 Å². The highest BCUT2D eigenvalue weighted by atomic mass is 35.5. The number of ether oxygens (including phenoxy) is 5. The molecule has 0 saturated carbocycles. The Bertz CT molecular complexity index is 928. The summed E-state index contributed by atoms with van der Waals surface area (Å²) in [5.41, 5.74) is 0.343. The molecular weight excluding hydrogens is 530 g/mol. The van der Waals surface area contributed by atoms with Crippen LogP contribution in [0.25, 0.3) is 0 Å². The molecule has 1 N–H and O–H groups in total. The van der Waals surface area contributed by atoms with Gasteiger partial charge in [-0.15, -0.1) is 12.4 Å². The first kappa shape index (κ1) is 31.5. The smallest absolute Gasteiger partial charge is 0.412 e. The van der Waals surface area contributed by atoms with Crippen molar-refractivity contribution in [2.45, 2.75) is 102 Å². The number of anilines is 1. The number of hydrogen-bond acceptors (Lipinski definition) is 9. The third kappa shape index (κ3) is 8.73. The number of nitrogens with one attached hydrogen (secondary N) is 1. The van der Waals surface area contributed by atoms with Crippen LogP contribution in [0.3, 0.4) is 0 Å². The van der Waals surface area contributed by atoms with Crippen molar-refractivity contribution in [3.05, 3.63) is 34.4 Å². The molecule has 1 unspecified atom stereocenters. The normalized spacial score (nSPS) is 26.5. The first-order valence-corrected chi connectivity index (χ1v) is 13.8. The standard InChI is InChI=1S/C27H41N3O8.ClH/c1-4-5-6-7-10-17-34-25-24-23(37-27(2,3)38-24)22(36-25)21(18-29-15-8-9-16-29)35-26(31)28-19-11-13-20(14-12-19)30(32)33;/h11-14,21-25H,4-10,15-18H2,1-3H3,(H,28,31);1H/t21?,22-,23+,24+,25+;/m1./s1. The van der Waals surface area contributed by atoms with E-state index in [-0.39, 0.29) is 18.1 Å². The Morgan fingerprint density at radius 3 is 2.46 bits per heavy atom. The van der Waals surface area contributed by atoms with Gasteiger partial charge >= 0.3 is 6.09 Å². The lowest BCUT2D eigenvalue weighted by molar-refractivity contribution is -0.384. The molecule has 3 aliphatic rings. The largest absolute Gasteiger partial charge is 0.442 e. The average molecular weight is 572 g/mol. The number of nitro groups is 1. The maximum atomic E-state index is 12.9. The van der Waals surface area contributed by atoms with Gasteiger partial charge in [0.15, 0.2) is 12.1 Å². The quantitative estimate of drug-likeness (QED) is 0.192. The molecule has 3 saturated heterocycles. The maximum absolute atomic E-state index is 12.9. The van der Waals surface area contributed by atoms with E-state index in [1.807, 2.05) is 13.8 Å². The van der Waals surface area contributed by atoms with Crippen molar-refractivity contribution in [3.63, 3.8) is 0 Å².